The van der Waals surface area contributed by atoms with Gasteiger partial charge in [0, 0.05) is 19.6 Å². The fourth-order valence-electron chi connectivity index (χ4n) is 3.06. The molecule has 1 saturated heterocycles. The molecule has 0 radical (unpaired) electrons. The number of nitrogens with zero attached hydrogens (tertiary/aromatic N) is 3. The van der Waals surface area contributed by atoms with Crippen LogP contribution in [0.4, 0.5) is 0 Å². The van der Waals surface area contributed by atoms with Crippen LogP contribution in [-0.2, 0) is 16.6 Å². The van der Waals surface area contributed by atoms with Crippen LogP contribution in [0.1, 0.15) is 38.6 Å². The van der Waals surface area contributed by atoms with Crippen LogP contribution in [0.15, 0.2) is 4.90 Å². The highest BCUT2D eigenvalue weighted by Gasteiger charge is 2.40. The maximum atomic E-state index is 13.0. The van der Waals surface area contributed by atoms with Gasteiger partial charge in [-0.05, 0) is 38.1 Å². The van der Waals surface area contributed by atoms with E-state index >= 15 is 0 Å². The topological polar surface area (TPSA) is 81.2 Å². The quantitative estimate of drug-likeness (QED) is 0.888. The average molecular weight is 328 g/mol. The maximum absolute atomic E-state index is 13.0. The van der Waals surface area contributed by atoms with Crippen LogP contribution in [0, 0.1) is 25.2 Å². The van der Waals surface area contributed by atoms with Gasteiger partial charge < -0.3 is 5.73 Å². The summed E-state index contributed by atoms with van der Waals surface area (Å²) in [5.41, 5.74) is 6.98. The van der Waals surface area contributed by atoms with Gasteiger partial charge in [-0.25, -0.2) is 8.42 Å². The molecule has 1 aromatic heterocycles. The first-order valence-corrected chi connectivity index (χ1v) is 9.29. The van der Waals surface area contributed by atoms with E-state index in [1.54, 1.807) is 11.2 Å². The van der Waals surface area contributed by atoms with Gasteiger partial charge in [0.15, 0.2) is 0 Å². The van der Waals surface area contributed by atoms with Crippen LogP contribution in [0.5, 0.6) is 0 Å². The predicted molar refractivity (Wildman–Crippen MR) is 87.1 cm³/mol. The first-order valence-electron chi connectivity index (χ1n) is 7.85. The molecular formula is C15H28N4O2S. The van der Waals surface area contributed by atoms with Crippen molar-refractivity contribution in [3.63, 3.8) is 0 Å². The SMILES string of the molecule is Cc1nn(CC(C)C)c(C)c1S(=O)(=O)N1CCC(C)(CN)C1. The highest BCUT2D eigenvalue weighted by molar-refractivity contribution is 7.89. The zero-order valence-electron chi connectivity index (χ0n) is 14.3. The Balaban J connectivity index is 2.37. The van der Waals surface area contributed by atoms with Crippen molar-refractivity contribution in [2.45, 2.75) is 52.5 Å². The molecule has 0 aliphatic carbocycles. The molecule has 1 fully saturated rings. The Hall–Kier alpha value is -0.920. The molecule has 1 aliphatic heterocycles. The van der Waals surface area contributed by atoms with Crippen LogP contribution in [0.25, 0.3) is 0 Å². The number of aryl methyl sites for hydroxylation is 1. The van der Waals surface area contributed by atoms with Gasteiger partial charge in [0.2, 0.25) is 10.0 Å². The monoisotopic (exact) mass is 328 g/mol. The Morgan fingerprint density at radius 2 is 2.00 bits per heavy atom. The summed E-state index contributed by atoms with van der Waals surface area (Å²) in [6, 6.07) is 0. The van der Waals surface area contributed by atoms with Gasteiger partial charge in [-0.1, -0.05) is 20.8 Å². The molecule has 1 unspecified atom stereocenters. The van der Waals surface area contributed by atoms with E-state index in [-0.39, 0.29) is 5.41 Å². The Bertz CT molecular complexity index is 651. The zero-order chi connectivity index (χ0) is 16.7. The van der Waals surface area contributed by atoms with Crippen molar-refractivity contribution in [3.8, 4) is 0 Å². The molecule has 0 amide bonds. The third kappa shape index (κ3) is 3.07. The van der Waals surface area contributed by atoms with Gasteiger partial charge in [-0.2, -0.15) is 9.40 Å². The molecule has 22 heavy (non-hydrogen) atoms. The van der Waals surface area contributed by atoms with Crippen molar-refractivity contribution >= 4 is 10.0 Å². The lowest BCUT2D eigenvalue weighted by Crippen LogP contribution is -2.35. The minimum atomic E-state index is -3.50. The lowest BCUT2D eigenvalue weighted by Gasteiger charge is -2.22. The van der Waals surface area contributed by atoms with Gasteiger partial charge in [0.1, 0.15) is 4.90 Å². The van der Waals surface area contributed by atoms with E-state index in [1.807, 2.05) is 18.5 Å². The summed E-state index contributed by atoms with van der Waals surface area (Å²) in [5.74, 6) is 0.417. The highest BCUT2D eigenvalue weighted by Crippen LogP contribution is 2.34. The summed E-state index contributed by atoms with van der Waals surface area (Å²) in [6.07, 6.45) is 0.807. The number of hydrogen-bond acceptors (Lipinski definition) is 4. The molecule has 1 aliphatic rings. The molecule has 2 rings (SSSR count). The third-order valence-electron chi connectivity index (χ3n) is 4.47. The molecule has 1 aromatic rings. The van der Waals surface area contributed by atoms with E-state index in [1.165, 1.54) is 0 Å². The number of aromatic nitrogens is 2. The zero-order valence-corrected chi connectivity index (χ0v) is 15.1. The molecule has 0 saturated carbocycles. The van der Waals surface area contributed by atoms with E-state index in [0.29, 0.717) is 36.1 Å². The molecule has 2 heterocycles. The minimum Gasteiger partial charge on any atom is -0.330 e. The van der Waals surface area contributed by atoms with E-state index in [0.717, 1.165) is 18.7 Å². The molecule has 0 aromatic carbocycles. The standard InChI is InChI=1S/C15H28N4O2S/c1-11(2)8-19-13(4)14(12(3)17-19)22(20,21)18-7-6-15(5,9-16)10-18/h11H,6-10,16H2,1-5H3. The summed E-state index contributed by atoms with van der Waals surface area (Å²) in [6.45, 7) is 12.1. The number of nitrogens with two attached hydrogens (primary N) is 1. The van der Waals surface area contributed by atoms with Crippen LogP contribution in [0.2, 0.25) is 0 Å². The van der Waals surface area contributed by atoms with Crippen molar-refractivity contribution < 1.29 is 8.42 Å². The van der Waals surface area contributed by atoms with E-state index < -0.39 is 10.0 Å². The molecule has 7 heteroatoms. The first-order chi connectivity index (χ1) is 10.1. The van der Waals surface area contributed by atoms with Crippen LogP contribution in [-0.4, -0.2) is 42.1 Å². The second kappa shape index (κ2) is 5.94. The van der Waals surface area contributed by atoms with E-state index in [4.69, 9.17) is 5.73 Å². The number of sulfonamides is 1. The summed E-state index contributed by atoms with van der Waals surface area (Å²) in [7, 11) is -3.50. The largest absolute Gasteiger partial charge is 0.330 e. The Labute approximate surface area is 133 Å². The van der Waals surface area contributed by atoms with Gasteiger partial charge in [-0.15, -0.1) is 0 Å². The summed E-state index contributed by atoms with van der Waals surface area (Å²) >= 11 is 0. The third-order valence-corrected chi connectivity index (χ3v) is 6.56. The van der Waals surface area contributed by atoms with Crippen LogP contribution in [0.3, 0.4) is 0 Å². The highest BCUT2D eigenvalue weighted by atomic mass is 32.2. The lowest BCUT2D eigenvalue weighted by atomic mass is 9.90. The number of hydrogen-bond donors (Lipinski definition) is 1. The fraction of sp³-hybridized carbons (Fsp3) is 0.800. The Morgan fingerprint density at radius 3 is 2.50 bits per heavy atom. The average Bonchev–Trinajstić information content (AvgIpc) is 2.92. The molecule has 126 valence electrons. The normalized spacial score (nSPS) is 23.6. The van der Waals surface area contributed by atoms with Gasteiger partial charge in [0.25, 0.3) is 0 Å². The summed E-state index contributed by atoms with van der Waals surface area (Å²) in [4.78, 5) is 0.370. The van der Waals surface area contributed by atoms with Crippen molar-refractivity contribution in [1.29, 1.82) is 0 Å². The summed E-state index contributed by atoms with van der Waals surface area (Å²) < 4.78 is 29.4. The molecule has 0 spiro atoms. The van der Waals surface area contributed by atoms with Crippen LogP contribution < -0.4 is 5.73 Å². The van der Waals surface area contributed by atoms with Crippen molar-refractivity contribution in [3.05, 3.63) is 11.4 Å². The van der Waals surface area contributed by atoms with Crippen molar-refractivity contribution in [2.75, 3.05) is 19.6 Å². The van der Waals surface area contributed by atoms with Gasteiger partial charge in [0.05, 0.1) is 11.4 Å². The molecule has 2 N–H and O–H groups in total. The first kappa shape index (κ1) is 17.4. The fourth-order valence-corrected chi connectivity index (χ4v) is 5.02. The molecule has 0 bridgehead atoms. The molecular weight excluding hydrogens is 300 g/mol. The van der Waals surface area contributed by atoms with Gasteiger partial charge >= 0.3 is 0 Å². The molecule has 1 atom stereocenters. The Morgan fingerprint density at radius 1 is 1.36 bits per heavy atom. The van der Waals surface area contributed by atoms with Crippen molar-refractivity contribution in [1.82, 2.24) is 14.1 Å². The molecule has 6 nitrogen and oxygen atoms in total. The van der Waals surface area contributed by atoms with Gasteiger partial charge in [-0.3, -0.25) is 4.68 Å². The van der Waals surface area contributed by atoms with E-state index in [2.05, 4.69) is 18.9 Å². The second-order valence-electron chi connectivity index (χ2n) is 7.18. The predicted octanol–water partition coefficient (Wildman–Crippen LogP) is 1.52. The second-order valence-corrected chi connectivity index (χ2v) is 9.05. The number of rotatable bonds is 5. The smallest absolute Gasteiger partial charge is 0.246 e. The van der Waals surface area contributed by atoms with Crippen LogP contribution >= 0.6 is 0 Å². The minimum absolute atomic E-state index is 0.122. The van der Waals surface area contributed by atoms with Crippen molar-refractivity contribution in [2.24, 2.45) is 17.1 Å². The summed E-state index contributed by atoms with van der Waals surface area (Å²) in [5, 5.41) is 4.43. The van der Waals surface area contributed by atoms with E-state index in [9.17, 15) is 8.42 Å². The lowest BCUT2D eigenvalue weighted by molar-refractivity contribution is 0.349. The maximum Gasteiger partial charge on any atom is 0.246 e. The Kier molecular flexibility index (Phi) is 4.71.